The zero-order chi connectivity index (χ0) is 19.2. The van der Waals surface area contributed by atoms with Gasteiger partial charge in [0.25, 0.3) is 0 Å². The summed E-state index contributed by atoms with van der Waals surface area (Å²) < 4.78 is 7.25. The fraction of sp³-hybridized carbons (Fsp3) is 0.278. The summed E-state index contributed by atoms with van der Waals surface area (Å²) in [6, 6.07) is 11.2. The van der Waals surface area contributed by atoms with Crippen molar-refractivity contribution >= 4 is 46.6 Å². The lowest BCUT2D eigenvalue weighted by Gasteiger charge is -2.11. The van der Waals surface area contributed by atoms with E-state index in [1.807, 2.05) is 24.3 Å². The molecular formula is C18H17Cl3N4OS. The van der Waals surface area contributed by atoms with Crippen molar-refractivity contribution in [3.8, 4) is 11.4 Å². The van der Waals surface area contributed by atoms with Gasteiger partial charge in [-0.15, -0.1) is 10.2 Å². The van der Waals surface area contributed by atoms with Gasteiger partial charge >= 0.3 is 0 Å². The molecule has 0 aliphatic heterocycles. The summed E-state index contributed by atoms with van der Waals surface area (Å²) in [6.45, 7) is 1.38. The molecule has 0 aliphatic carbocycles. The van der Waals surface area contributed by atoms with Gasteiger partial charge in [-0.25, -0.2) is 4.98 Å². The maximum absolute atomic E-state index is 6.36. The average molecular weight is 444 g/mol. The highest BCUT2D eigenvalue weighted by molar-refractivity contribution is 7.98. The second-order valence-corrected chi connectivity index (χ2v) is 7.82. The molecule has 142 valence electrons. The summed E-state index contributed by atoms with van der Waals surface area (Å²) in [7, 11) is 1.69. The highest BCUT2D eigenvalue weighted by Crippen LogP contribution is 2.31. The number of aromatic nitrogens is 4. The molecule has 3 aromatic rings. The number of halogens is 3. The van der Waals surface area contributed by atoms with Gasteiger partial charge in [0.1, 0.15) is 10.3 Å². The topological polar surface area (TPSA) is 52.8 Å². The Morgan fingerprint density at radius 3 is 2.52 bits per heavy atom. The van der Waals surface area contributed by atoms with Crippen molar-refractivity contribution in [2.75, 3.05) is 13.7 Å². The molecule has 3 rings (SSSR count). The SMILES string of the molecule is COCCCn1c(SCc2cc(Cl)nc(Cl)c2)nnc1-c1ccccc1Cl. The molecule has 0 unspecified atom stereocenters. The van der Waals surface area contributed by atoms with Crippen LogP contribution in [0.1, 0.15) is 12.0 Å². The molecule has 0 bridgehead atoms. The van der Waals surface area contributed by atoms with Crippen LogP contribution in [-0.4, -0.2) is 33.5 Å². The molecular weight excluding hydrogens is 427 g/mol. The summed E-state index contributed by atoms with van der Waals surface area (Å²) in [6.07, 6.45) is 0.840. The van der Waals surface area contributed by atoms with E-state index in [1.165, 1.54) is 0 Å². The molecule has 0 aliphatic rings. The summed E-state index contributed by atoms with van der Waals surface area (Å²) in [4.78, 5) is 3.97. The molecule has 5 nitrogen and oxygen atoms in total. The van der Waals surface area contributed by atoms with Gasteiger partial charge in [0.15, 0.2) is 11.0 Å². The van der Waals surface area contributed by atoms with E-state index in [0.717, 1.165) is 35.1 Å². The fourth-order valence-corrected chi connectivity index (χ4v) is 4.17. The third-order valence-corrected chi connectivity index (χ3v) is 5.51. The second-order valence-electron chi connectivity index (χ2n) is 5.69. The molecule has 2 heterocycles. The number of hydrogen-bond donors (Lipinski definition) is 0. The van der Waals surface area contributed by atoms with E-state index >= 15 is 0 Å². The Balaban J connectivity index is 1.86. The lowest BCUT2D eigenvalue weighted by molar-refractivity contribution is 0.189. The van der Waals surface area contributed by atoms with Crippen LogP contribution < -0.4 is 0 Å². The van der Waals surface area contributed by atoms with Crippen LogP contribution in [0.4, 0.5) is 0 Å². The van der Waals surface area contributed by atoms with Crippen LogP contribution in [0.15, 0.2) is 41.6 Å². The predicted octanol–water partition coefficient (Wildman–Crippen LogP) is 5.63. The molecule has 0 N–H and O–H groups in total. The van der Waals surface area contributed by atoms with Crippen LogP contribution >= 0.6 is 46.6 Å². The van der Waals surface area contributed by atoms with Crippen LogP contribution in [0.2, 0.25) is 15.3 Å². The van der Waals surface area contributed by atoms with Gasteiger partial charge in [-0.2, -0.15) is 0 Å². The molecule has 0 amide bonds. The van der Waals surface area contributed by atoms with Gasteiger partial charge in [-0.1, -0.05) is 58.7 Å². The van der Waals surface area contributed by atoms with Crippen LogP contribution in [0.3, 0.4) is 0 Å². The summed E-state index contributed by atoms with van der Waals surface area (Å²) in [5.74, 6) is 1.39. The van der Waals surface area contributed by atoms with Gasteiger partial charge in [0.05, 0.1) is 5.02 Å². The lowest BCUT2D eigenvalue weighted by atomic mass is 10.2. The van der Waals surface area contributed by atoms with E-state index in [0.29, 0.717) is 27.7 Å². The second kappa shape index (κ2) is 9.75. The molecule has 9 heteroatoms. The van der Waals surface area contributed by atoms with Crippen molar-refractivity contribution < 1.29 is 4.74 Å². The minimum atomic E-state index is 0.372. The molecule has 0 fully saturated rings. The van der Waals surface area contributed by atoms with Crippen molar-refractivity contribution in [3.05, 3.63) is 57.3 Å². The molecule has 0 saturated carbocycles. The first-order valence-corrected chi connectivity index (χ1v) is 10.3. The van der Waals surface area contributed by atoms with Crippen molar-refractivity contribution in [2.45, 2.75) is 23.9 Å². The number of rotatable bonds is 8. The van der Waals surface area contributed by atoms with Gasteiger partial charge in [-0.05, 0) is 36.2 Å². The maximum atomic E-state index is 6.36. The summed E-state index contributed by atoms with van der Waals surface area (Å²) in [5, 5.41) is 10.9. The molecule has 2 aromatic heterocycles. The van der Waals surface area contributed by atoms with Crippen molar-refractivity contribution in [3.63, 3.8) is 0 Å². The summed E-state index contributed by atoms with van der Waals surface area (Å²) >= 11 is 19.9. The van der Waals surface area contributed by atoms with Crippen molar-refractivity contribution in [1.29, 1.82) is 0 Å². The summed E-state index contributed by atoms with van der Waals surface area (Å²) in [5.41, 5.74) is 1.82. The van der Waals surface area contributed by atoms with Crippen LogP contribution in [0.25, 0.3) is 11.4 Å². The zero-order valence-corrected chi connectivity index (χ0v) is 17.6. The first kappa shape index (κ1) is 20.4. The zero-order valence-electron chi connectivity index (χ0n) is 14.5. The Morgan fingerprint density at radius 2 is 1.81 bits per heavy atom. The van der Waals surface area contributed by atoms with E-state index in [2.05, 4.69) is 19.7 Å². The quantitative estimate of drug-likeness (QED) is 0.256. The highest BCUT2D eigenvalue weighted by Gasteiger charge is 2.16. The lowest BCUT2D eigenvalue weighted by Crippen LogP contribution is -2.05. The number of hydrogen-bond acceptors (Lipinski definition) is 5. The van der Waals surface area contributed by atoms with E-state index < -0.39 is 0 Å². The number of benzene rings is 1. The maximum Gasteiger partial charge on any atom is 0.191 e. The van der Waals surface area contributed by atoms with E-state index in [1.54, 1.807) is 31.0 Å². The predicted molar refractivity (Wildman–Crippen MR) is 111 cm³/mol. The number of nitrogens with zero attached hydrogens (tertiary/aromatic N) is 4. The Hall–Kier alpha value is -1.31. The normalized spacial score (nSPS) is 11.1. The van der Waals surface area contributed by atoms with E-state index in [-0.39, 0.29) is 0 Å². The standard InChI is InChI=1S/C18H17Cl3N4OS/c1-26-8-4-7-25-17(13-5-2-3-6-14(13)19)23-24-18(25)27-11-12-9-15(20)22-16(21)10-12/h2-3,5-6,9-10H,4,7-8,11H2,1H3. The number of pyridine rings is 1. The smallest absolute Gasteiger partial charge is 0.191 e. The monoisotopic (exact) mass is 442 g/mol. The van der Waals surface area contributed by atoms with Gasteiger partial charge < -0.3 is 9.30 Å². The molecule has 0 radical (unpaired) electrons. The fourth-order valence-electron chi connectivity index (χ4n) is 2.55. The molecule has 0 saturated heterocycles. The molecule has 0 spiro atoms. The van der Waals surface area contributed by atoms with Crippen LogP contribution in [-0.2, 0) is 17.0 Å². The minimum absolute atomic E-state index is 0.372. The van der Waals surface area contributed by atoms with Crippen molar-refractivity contribution in [2.24, 2.45) is 0 Å². The molecule has 1 aromatic carbocycles. The molecule has 0 atom stereocenters. The Morgan fingerprint density at radius 1 is 1.07 bits per heavy atom. The average Bonchev–Trinajstić information content (AvgIpc) is 3.02. The Bertz CT molecular complexity index is 899. The number of ether oxygens (including phenoxy) is 1. The Labute approximate surface area is 177 Å². The van der Waals surface area contributed by atoms with Gasteiger partial charge in [-0.3, -0.25) is 0 Å². The number of thioether (sulfide) groups is 1. The van der Waals surface area contributed by atoms with Crippen LogP contribution in [0.5, 0.6) is 0 Å². The van der Waals surface area contributed by atoms with E-state index in [4.69, 9.17) is 39.5 Å². The van der Waals surface area contributed by atoms with Gasteiger partial charge in [0, 0.05) is 31.6 Å². The Kier molecular flexibility index (Phi) is 7.38. The third-order valence-electron chi connectivity index (χ3n) is 3.75. The van der Waals surface area contributed by atoms with Crippen LogP contribution in [0, 0.1) is 0 Å². The molecule has 27 heavy (non-hydrogen) atoms. The number of methoxy groups -OCH3 is 1. The van der Waals surface area contributed by atoms with E-state index in [9.17, 15) is 0 Å². The van der Waals surface area contributed by atoms with Crippen molar-refractivity contribution in [1.82, 2.24) is 19.7 Å². The third kappa shape index (κ3) is 5.36. The first-order chi connectivity index (χ1) is 13.1. The minimum Gasteiger partial charge on any atom is -0.385 e. The highest BCUT2D eigenvalue weighted by atomic mass is 35.5. The first-order valence-electron chi connectivity index (χ1n) is 8.20. The largest absolute Gasteiger partial charge is 0.385 e. The van der Waals surface area contributed by atoms with Gasteiger partial charge in [0.2, 0.25) is 0 Å².